The van der Waals surface area contributed by atoms with E-state index in [1.807, 2.05) is 97.1 Å². The molecular formula is C43H27N5. The summed E-state index contributed by atoms with van der Waals surface area (Å²) >= 11 is 0. The van der Waals surface area contributed by atoms with Gasteiger partial charge in [0.2, 0.25) is 0 Å². The normalized spacial score (nSPS) is 10.9. The highest BCUT2D eigenvalue weighted by Gasteiger charge is 2.16. The number of nitrogens with zero attached hydrogens (tertiary/aromatic N) is 5. The van der Waals surface area contributed by atoms with Gasteiger partial charge in [0.05, 0.1) is 45.4 Å². The molecule has 5 heteroatoms. The summed E-state index contributed by atoms with van der Waals surface area (Å²) in [6.07, 6.45) is 0. The van der Waals surface area contributed by atoms with Gasteiger partial charge in [-0.25, -0.2) is 19.9 Å². The van der Waals surface area contributed by atoms with Crippen LogP contribution >= 0.6 is 0 Å². The van der Waals surface area contributed by atoms with Gasteiger partial charge in [0, 0.05) is 27.8 Å². The standard InChI is InChI=1S/C43H27N5/c44-28-29-11-9-16-34(25-29)35-17-10-18-36(26-35)42-41(45-37-19-7-8-20-38(37)46-42)32-21-23-33(24-22-32)43-47-39(30-12-3-1-4-13-30)27-40(48-43)31-14-5-2-6-15-31/h1-27H. The third-order valence-corrected chi connectivity index (χ3v) is 8.31. The predicted octanol–water partition coefficient (Wildman–Crippen LogP) is 10.3. The monoisotopic (exact) mass is 613 g/mol. The number of nitriles is 1. The van der Waals surface area contributed by atoms with E-state index in [1.54, 1.807) is 0 Å². The largest absolute Gasteiger partial charge is 0.244 e. The van der Waals surface area contributed by atoms with Crippen molar-refractivity contribution in [1.82, 2.24) is 19.9 Å². The first-order valence-electron chi connectivity index (χ1n) is 15.7. The highest BCUT2D eigenvalue weighted by molar-refractivity contribution is 5.88. The smallest absolute Gasteiger partial charge is 0.160 e. The van der Waals surface area contributed by atoms with Gasteiger partial charge in [-0.15, -0.1) is 0 Å². The molecule has 0 saturated heterocycles. The van der Waals surface area contributed by atoms with Crippen LogP contribution in [0.15, 0.2) is 164 Å². The molecule has 0 spiro atoms. The van der Waals surface area contributed by atoms with Crippen molar-refractivity contribution in [3.8, 4) is 73.6 Å². The molecule has 0 aliphatic rings. The van der Waals surface area contributed by atoms with Crippen molar-refractivity contribution >= 4 is 11.0 Å². The van der Waals surface area contributed by atoms with E-state index in [9.17, 15) is 5.26 Å². The van der Waals surface area contributed by atoms with Gasteiger partial charge in [0.1, 0.15) is 0 Å². The third-order valence-electron chi connectivity index (χ3n) is 8.31. The lowest BCUT2D eigenvalue weighted by molar-refractivity contribution is 1.18. The van der Waals surface area contributed by atoms with E-state index in [4.69, 9.17) is 19.9 Å². The van der Waals surface area contributed by atoms with Crippen LogP contribution in [-0.4, -0.2) is 19.9 Å². The Balaban J connectivity index is 1.23. The van der Waals surface area contributed by atoms with Crippen molar-refractivity contribution in [3.63, 3.8) is 0 Å². The van der Waals surface area contributed by atoms with E-state index in [0.29, 0.717) is 11.4 Å². The lowest BCUT2D eigenvalue weighted by atomic mass is 9.97. The molecule has 5 nitrogen and oxygen atoms in total. The summed E-state index contributed by atoms with van der Waals surface area (Å²) in [5, 5.41) is 9.45. The molecule has 0 amide bonds. The van der Waals surface area contributed by atoms with Gasteiger partial charge in [-0.3, -0.25) is 0 Å². The molecule has 0 bridgehead atoms. The average molecular weight is 614 g/mol. The Kier molecular flexibility index (Phi) is 7.50. The van der Waals surface area contributed by atoms with Crippen LogP contribution in [0.3, 0.4) is 0 Å². The molecule has 0 saturated carbocycles. The topological polar surface area (TPSA) is 75.3 Å². The zero-order chi connectivity index (χ0) is 32.3. The van der Waals surface area contributed by atoms with Crippen LogP contribution in [0.25, 0.3) is 78.6 Å². The summed E-state index contributed by atoms with van der Waals surface area (Å²) in [7, 11) is 0. The number of para-hydroxylation sites is 2. The molecule has 224 valence electrons. The van der Waals surface area contributed by atoms with Crippen LogP contribution in [0.5, 0.6) is 0 Å². The maximum Gasteiger partial charge on any atom is 0.160 e. The molecular weight excluding hydrogens is 587 g/mol. The summed E-state index contributed by atoms with van der Waals surface area (Å²) in [4.78, 5) is 20.2. The van der Waals surface area contributed by atoms with Crippen molar-refractivity contribution in [2.75, 3.05) is 0 Å². The van der Waals surface area contributed by atoms with Crippen LogP contribution in [-0.2, 0) is 0 Å². The third kappa shape index (κ3) is 5.71. The zero-order valence-corrected chi connectivity index (χ0v) is 25.8. The number of aromatic nitrogens is 4. The van der Waals surface area contributed by atoms with Crippen LogP contribution in [0.1, 0.15) is 5.56 Å². The minimum Gasteiger partial charge on any atom is -0.244 e. The molecule has 0 fully saturated rings. The van der Waals surface area contributed by atoms with Gasteiger partial charge in [0.15, 0.2) is 5.82 Å². The highest BCUT2D eigenvalue weighted by Crippen LogP contribution is 2.35. The van der Waals surface area contributed by atoms with Crippen molar-refractivity contribution in [1.29, 1.82) is 5.26 Å². The highest BCUT2D eigenvalue weighted by atomic mass is 14.9. The quantitative estimate of drug-likeness (QED) is 0.187. The SMILES string of the molecule is N#Cc1cccc(-c2cccc(-c3nc4ccccc4nc3-c3ccc(-c4nc(-c5ccccc5)cc(-c5ccccc5)n4)cc3)c2)c1. The van der Waals surface area contributed by atoms with Crippen molar-refractivity contribution < 1.29 is 0 Å². The molecule has 6 aromatic carbocycles. The van der Waals surface area contributed by atoms with Gasteiger partial charge < -0.3 is 0 Å². The van der Waals surface area contributed by atoms with Gasteiger partial charge >= 0.3 is 0 Å². The maximum absolute atomic E-state index is 9.45. The zero-order valence-electron chi connectivity index (χ0n) is 25.8. The summed E-state index contributed by atoms with van der Waals surface area (Å²) in [6.45, 7) is 0. The molecule has 0 N–H and O–H groups in total. The molecule has 8 rings (SSSR count). The second-order valence-corrected chi connectivity index (χ2v) is 11.5. The number of hydrogen-bond donors (Lipinski definition) is 0. The van der Waals surface area contributed by atoms with Gasteiger partial charge in [0.25, 0.3) is 0 Å². The van der Waals surface area contributed by atoms with Gasteiger partial charge in [-0.05, 0) is 47.5 Å². The van der Waals surface area contributed by atoms with Crippen molar-refractivity contribution in [2.24, 2.45) is 0 Å². The number of benzene rings is 6. The molecule has 48 heavy (non-hydrogen) atoms. The molecule has 2 aromatic heterocycles. The summed E-state index contributed by atoms with van der Waals surface area (Å²) in [6, 6.07) is 56.7. The fraction of sp³-hybridized carbons (Fsp3) is 0. The van der Waals surface area contributed by atoms with E-state index in [2.05, 4.69) is 72.8 Å². The van der Waals surface area contributed by atoms with Crippen molar-refractivity contribution in [3.05, 3.63) is 169 Å². The second-order valence-electron chi connectivity index (χ2n) is 11.5. The first-order chi connectivity index (χ1) is 23.7. The van der Waals surface area contributed by atoms with E-state index in [1.165, 1.54) is 0 Å². The van der Waals surface area contributed by atoms with E-state index in [0.717, 1.165) is 72.8 Å². The first-order valence-corrected chi connectivity index (χ1v) is 15.7. The molecule has 0 aliphatic carbocycles. The Morgan fingerprint density at radius 2 is 0.833 bits per heavy atom. The number of hydrogen-bond acceptors (Lipinski definition) is 5. The van der Waals surface area contributed by atoms with E-state index >= 15 is 0 Å². The Bertz CT molecular complexity index is 2390. The fourth-order valence-corrected chi connectivity index (χ4v) is 5.88. The average Bonchev–Trinajstić information content (AvgIpc) is 3.18. The van der Waals surface area contributed by atoms with Crippen LogP contribution < -0.4 is 0 Å². The van der Waals surface area contributed by atoms with Crippen LogP contribution in [0.2, 0.25) is 0 Å². The van der Waals surface area contributed by atoms with Crippen LogP contribution in [0.4, 0.5) is 0 Å². The Labute approximate surface area is 278 Å². The molecule has 0 unspecified atom stereocenters. The minimum atomic E-state index is 0.623. The van der Waals surface area contributed by atoms with E-state index < -0.39 is 0 Å². The van der Waals surface area contributed by atoms with Gasteiger partial charge in [-0.2, -0.15) is 5.26 Å². The van der Waals surface area contributed by atoms with Gasteiger partial charge in [-0.1, -0.05) is 127 Å². The molecule has 0 aliphatic heterocycles. The molecule has 0 radical (unpaired) electrons. The Morgan fingerprint density at radius 3 is 1.44 bits per heavy atom. The summed E-state index contributed by atoms with van der Waals surface area (Å²) in [5.74, 6) is 0.652. The van der Waals surface area contributed by atoms with Crippen molar-refractivity contribution in [2.45, 2.75) is 0 Å². The minimum absolute atomic E-state index is 0.623. The molecule has 8 aromatic rings. The first kappa shape index (κ1) is 28.7. The summed E-state index contributed by atoms with van der Waals surface area (Å²) in [5.41, 5.74) is 12.4. The number of rotatable bonds is 6. The predicted molar refractivity (Wildman–Crippen MR) is 192 cm³/mol. The summed E-state index contributed by atoms with van der Waals surface area (Å²) < 4.78 is 0. The second kappa shape index (κ2) is 12.6. The maximum atomic E-state index is 9.45. The molecule has 0 atom stereocenters. The van der Waals surface area contributed by atoms with E-state index in [-0.39, 0.29) is 0 Å². The fourth-order valence-electron chi connectivity index (χ4n) is 5.88. The van der Waals surface area contributed by atoms with Crippen LogP contribution in [0, 0.1) is 11.3 Å². The molecule has 2 heterocycles. The Morgan fingerprint density at radius 1 is 0.354 bits per heavy atom. The lowest BCUT2D eigenvalue weighted by Gasteiger charge is -2.13. The Hall–Kier alpha value is -6.77. The lowest BCUT2D eigenvalue weighted by Crippen LogP contribution is -1.97. The number of fused-ring (bicyclic) bond motifs is 1.